The summed E-state index contributed by atoms with van der Waals surface area (Å²) in [5, 5.41) is 10.3. The van der Waals surface area contributed by atoms with Crippen LogP contribution in [0.15, 0.2) is 34.9 Å². The number of carbonyl (C=O) groups is 3. The first-order valence-electron chi connectivity index (χ1n) is 8.46. The molecule has 1 heterocycles. The molecule has 3 atom stereocenters. The monoisotopic (exact) mass is 364 g/mol. The first-order valence-corrected chi connectivity index (χ1v) is 8.46. The number of aliphatic hydroxyl groups excluding tert-OH is 1. The molecule has 0 saturated heterocycles. The number of aliphatic hydroxyl groups is 1. The van der Waals surface area contributed by atoms with Crippen LogP contribution in [0.25, 0.3) is 0 Å². The van der Waals surface area contributed by atoms with Crippen LogP contribution in [-0.4, -0.2) is 47.9 Å². The lowest BCUT2D eigenvalue weighted by Gasteiger charge is -2.26. The fourth-order valence-electron chi connectivity index (χ4n) is 3.06. The molecule has 0 radical (unpaired) electrons. The van der Waals surface area contributed by atoms with Crippen LogP contribution >= 0.6 is 0 Å². The molecule has 0 aromatic carbocycles. The largest absolute Gasteiger partial charge is 0.461 e. The van der Waals surface area contributed by atoms with Crippen LogP contribution in [0.5, 0.6) is 0 Å². The molecule has 0 aromatic rings. The molecule has 0 fully saturated rings. The molecule has 0 aromatic heterocycles. The van der Waals surface area contributed by atoms with Crippen LogP contribution in [0.3, 0.4) is 0 Å². The number of rotatable bonds is 3. The van der Waals surface area contributed by atoms with Gasteiger partial charge < -0.3 is 19.3 Å². The molecule has 26 heavy (non-hydrogen) atoms. The second-order valence-electron chi connectivity index (χ2n) is 6.57. The summed E-state index contributed by atoms with van der Waals surface area (Å²) < 4.78 is 15.8. The fraction of sp³-hybridized carbons (Fsp3) is 0.526. The van der Waals surface area contributed by atoms with Gasteiger partial charge in [-0.1, -0.05) is 12.2 Å². The summed E-state index contributed by atoms with van der Waals surface area (Å²) in [6.07, 6.45) is 0.723. The molecular weight excluding hydrogens is 340 g/mol. The molecule has 0 spiro atoms. The van der Waals surface area contributed by atoms with Gasteiger partial charge in [0.05, 0.1) is 11.7 Å². The van der Waals surface area contributed by atoms with E-state index < -0.39 is 36.2 Å². The van der Waals surface area contributed by atoms with Crippen molar-refractivity contribution in [3.63, 3.8) is 0 Å². The molecule has 7 heteroatoms. The molecule has 3 unspecified atom stereocenters. The molecule has 1 N–H and O–H groups in total. The van der Waals surface area contributed by atoms with Crippen molar-refractivity contribution in [1.29, 1.82) is 0 Å². The van der Waals surface area contributed by atoms with Crippen molar-refractivity contribution in [2.24, 2.45) is 0 Å². The standard InChI is InChI=1S/C19H24O7/c1-10-5-6-15(22)11(2)8-17(25-13(4)21)18-14(9-24-12(3)20)19(23)26-16(18)7-10/h7,15-17,22H,2,5-6,8-9H2,1,3-4H3. The minimum absolute atomic E-state index is 0.152. The fourth-order valence-corrected chi connectivity index (χ4v) is 3.06. The van der Waals surface area contributed by atoms with Gasteiger partial charge in [0.25, 0.3) is 0 Å². The van der Waals surface area contributed by atoms with Crippen molar-refractivity contribution < 1.29 is 33.7 Å². The van der Waals surface area contributed by atoms with Gasteiger partial charge >= 0.3 is 17.9 Å². The van der Waals surface area contributed by atoms with Crippen molar-refractivity contribution in [2.45, 2.75) is 58.3 Å². The Morgan fingerprint density at radius 2 is 2.04 bits per heavy atom. The van der Waals surface area contributed by atoms with Gasteiger partial charge in [-0.25, -0.2) is 4.79 Å². The summed E-state index contributed by atoms with van der Waals surface area (Å²) in [6, 6.07) is 0. The highest BCUT2D eigenvalue weighted by molar-refractivity contribution is 5.93. The number of allylic oxidation sites excluding steroid dienone is 1. The first kappa shape index (κ1) is 19.9. The predicted octanol–water partition coefficient (Wildman–Crippen LogP) is 1.75. The zero-order valence-corrected chi connectivity index (χ0v) is 15.2. The number of ether oxygens (including phenoxy) is 3. The van der Waals surface area contributed by atoms with Crippen LogP contribution in [-0.2, 0) is 28.6 Å². The molecule has 1 aliphatic carbocycles. The third-order valence-electron chi connectivity index (χ3n) is 4.38. The van der Waals surface area contributed by atoms with Gasteiger partial charge in [-0.15, -0.1) is 0 Å². The molecule has 1 aliphatic heterocycles. The van der Waals surface area contributed by atoms with Gasteiger partial charge in [0.1, 0.15) is 18.8 Å². The van der Waals surface area contributed by atoms with E-state index in [0.717, 1.165) is 5.57 Å². The maximum atomic E-state index is 12.3. The van der Waals surface area contributed by atoms with E-state index >= 15 is 0 Å². The maximum Gasteiger partial charge on any atom is 0.338 e. The highest BCUT2D eigenvalue weighted by Crippen LogP contribution is 2.34. The van der Waals surface area contributed by atoms with Gasteiger partial charge in [0, 0.05) is 25.8 Å². The highest BCUT2D eigenvalue weighted by Gasteiger charge is 2.40. The van der Waals surface area contributed by atoms with Crippen molar-refractivity contribution >= 4 is 17.9 Å². The normalized spacial score (nSPS) is 26.6. The smallest absolute Gasteiger partial charge is 0.338 e. The van der Waals surface area contributed by atoms with E-state index in [1.54, 1.807) is 6.08 Å². The Morgan fingerprint density at radius 1 is 1.35 bits per heavy atom. The highest BCUT2D eigenvalue weighted by atomic mass is 16.6. The Hall–Kier alpha value is -2.41. The molecule has 0 amide bonds. The van der Waals surface area contributed by atoms with Crippen molar-refractivity contribution in [3.8, 4) is 0 Å². The van der Waals surface area contributed by atoms with Crippen molar-refractivity contribution in [2.75, 3.05) is 6.61 Å². The number of hydrogen-bond acceptors (Lipinski definition) is 7. The molecule has 142 valence electrons. The third-order valence-corrected chi connectivity index (χ3v) is 4.38. The van der Waals surface area contributed by atoms with Crippen LogP contribution in [0.2, 0.25) is 0 Å². The van der Waals surface area contributed by atoms with E-state index in [1.807, 2.05) is 6.92 Å². The number of hydrogen-bond donors (Lipinski definition) is 1. The number of esters is 3. The predicted molar refractivity (Wildman–Crippen MR) is 91.8 cm³/mol. The third kappa shape index (κ3) is 4.82. The van der Waals surface area contributed by atoms with E-state index in [4.69, 9.17) is 14.2 Å². The lowest BCUT2D eigenvalue weighted by Crippen LogP contribution is -2.29. The second kappa shape index (κ2) is 8.31. The summed E-state index contributed by atoms with van der Waals surface area (Å²) in [7, 11) is 0. The van der Waals surface area contributed by atoms with Crippen LogP contribution in [0.1, 0.15) is 40.0 Å². The van der Waals surface area contributed by atoms with Gasteiger partial charge in [0.2, 0.25) is 0 Å². The second-order valence-corrected chi connectivity index (χ2v) is 6.57. The summed E-state index contributed by atoms with van der Waals surface area (Å²) in [5.74, 6) is -1.69. The summed E-state index contributed by atoms with van der Waals surface area (Å²) in [5.41, 5.74) is 2.01. The van der Waals surface area contributed by atoms with E-state index in [-0.39, 0.29) is 18.6 Å². The van der Waals surface area contributed by atoms with Gasteiger partial charge in [-0.2, -0.15) is 0 Å². The van der Waals surface area contributed by atoms with Crippen LogP contribution in [0.4, 0.5) is 0 Å². The molecule has 2 aliphatic rings. The average Bonchev–Trinajstić information content (AvgIpc) is 2.83. The first-order chi connectivity index (χ1) is 12.2. The maximum absolute atomic E-state index is 12.3. The Bertz CT molecular complexity index is 686. The van der Waals surface area contributed by atoms with E-state index in [2.05, 4.69) is 6.58 Å². The average molecular weight is 364 g/mol. The zero-order chi connectivity index (χ0) is 19.4. The van der Waals surface area contributed by atoms with Gasteiger partial charge in [-0.05, 0) is 31.4 Å². The van der Waals surface area contributed by atoms with Gasteiger partial charge in [0.15, 0.2) is 0 Å². The number of carbonyl (C=O) groups excluding carboxylic acids is 3. The minimum atomic E-state index is -0.834. The molecular formula is C19H24O7. The van der Waals surface area contributed by atoms with Crippen LogP contribution in [0, 0.1) is 0 Å². The molecule has 0 saturated carbocycles. The van der Waals surface area contributed by atoms with Crippen molar-refractivity contribution in [1.82, 2.24) is 0 Å². The van der Waals surface area contributed by atoms with Crippen LogP contribution < -0.4 is 0 Å². The van der Waals surface area contributed by atoms with Gasteiger partial charge in [-0.3, -0.25) is 9.59 Å². The Labute approximate surface area is 152 Å². The topological polar surface area (TPSA) is 99.1 Å². The Kier molecular flexibility index (Phi) is 6.37. The van der Waals surface area contributed by atoms with E-state index in [1.165, 1.54) is 13.8 Å². The van der Waals surface area contributed by atoms with E-state index in [0.29, 0.717) is 24.0 Å². The lowest BCUT2D eigenvalue weighted by atomic mass is 9.89. The van der Waals surface area contributed by atoms with Crippen molar-refractivity contribution in [3.05, 3.63) is 34.9 Å². The summed E-state index contributed by atoms with van der Waals surface area (Å²) >= 11 is 0. The lowest BCUT2D eigenvalue weighted by molar-refractivity contribution is -0.145. The number of fused-ring (bicyclic) bond motifs is 1. The summed E-state index contributed by atoms with van der Waals surface area (Å²) in [6.45, 7) is 7.99. The van der Waals surface area contributed by atoms with E-state index in [9.17, 15) is 19.5 Å². The molecule has 0 bridgehead atoms. The Balaban J connectivity index is 2.52. The Morgan fingerprint density at radius 3 is 2.65 bits per heavy atom. The zero-order valence-electron chi connectivity index (χ0n) is 15.2. The molecule has 7 nitrogen and oxygen atoms in total. The molecule has 2 rings (SSSR count). The minimum Gasteiger partial charge on any atom is -0.461 e. The SMILES string of the molecule is C=C1CC(OC(C)=O)C2=C(COC(C)=O)C(=O)OC2C=C(C)CCC1O. The quantitative estimate of drug-likeness (QED) is 0.463. The summed E-state index contributed by atoms with van der Waals surface area (Å²) in [4.78, 5) is 35.1.